The average molecular weight is 152 g/mol. The van der Waals surface area contributed by atoms with Gasteiger partial charge in [-0.1, -0.05) is 27.7 Å². The zero-order chi connectivity index (χ0) is 8.28. The van der Waals surface area contributed by atoms with Crippen LogP contribution in [0.2, 0.25) is 0 Å². The minimum atomic E-state index is 0.644. The second-order valence-corrected chi connectivity index (χ2v) is 5.52. The van der Waals surface area contributed by atoms with Crippen LogP contribution in [0.5, 0.6) is 0 Å². The van der Waals surface area contributed by atoms with Gasteiger partial charge in [0.05, 0.1) is 0 Å². The summed E-state index contributed by atoms with van der Waals surface area (Å²) >= 11 is 0. The van der Waals surface area contributed by atoms with Crippen LogP contribution in [0.3, 0.4) is 0 Å². The highest BCUT2D eigenvalue weighted by molar-refractivity contribution is 5.10. The summed E-state index contributed by atoms with van der Waals surface area (Å²) < 4.78 is 0. The van der Waals surface area contributed by atoms with Crippen molar-refractivity contribution in [1.29, 1.82) is 0 Å². The van der Waals surface area contributed by atoms with Gasteiger partial charge in [-0.05, 0) is 41.9 Å². The molecule has 0 N–H and O–H groups in total. The normalized spacial score (nSPS) is 53.5. The first-order chi connectivity index (χ1) is 4.98. The molecule has 3 atom stereocenters. The van der Waals surface area contributed by atoms with Crippen molar-refractivity contribution >= 4 is 0 Å². The summed E-state index contributed by atoms with van der Waals surface area (Å²) in [5, 5.41) is 0. The van der Waals surface area contributed by atoms with Gasteiger partial charge in [0, 0.05) is 0 Å². The quantitative estimate of drug-likeness (QED) is 0.498. The predicted octanol–water partition coefficient (Wildman–Crippen LogP) is 3.47. The molecule has 3 fully saturated rings. The Kier molecular flexibility index (Phi) is 1.28. The van der Waals surface area contributed by atoms with E-state index in [1.54, 1.807) is 0 Å². The average Bonchev–Trinajstić information content (AvgIpc) is 1.94. The summed E-state index contributed by atoms with van der Waals surface area (Å²) in [7, 11) is 0. The highest BCUT2D eigenvalue weighted by atomic mass is 14.7. The van der Waals surface area contributed by atoms with Crippen LogP contribution in [-0.2, 0) is 0 Å². The summed E-state index contributed by atoms with van der Waals surface area (Å²) in [5.74, 6) is 2.01. The van der Waals surface area contributed by atoms with E-state index in [9.17, 15) is 0 Å². The molecule has 64 valence electrons. The lowest BCUT2D eigenvalue weighted by atomic mass is 9.38. The Balaban J connectivity index is 2.28. The molecule has 3 rings (SSSR count). The fourth-order valence-electron chi connectivity index (χ4n) is 3.43. The van der Waals surface area contributed by atoms with Crippen LogP contribution in [0.4, 0.5) is 0 Å². The summed E-state index contributed by atoms with van der Waals surface area (Å²) in [6, 6.07) is 0. The molecule has 2 bridgehead atoms. The molecule has 0 unspecified atom stereocenters. The van der Waals surface area contributed by atoms with Gasteiger partial charge >= 0.3 is 0 Å². The summed E-state index contributed by atoms with van der Waals surface area (Å²) in [5.41, 5.74) is 1.32. The zero-order valence-corrected chi connectivity index (χ0v) is 8.28. The van der Waals surface area contributed by atoms with Gasteiger partial charge in [0.25, 0.3) is 0 Å². The molecule has 11 heavy (non-hydrogen) atoms. The predicted molar refractivity (Wildman–Crippen MR) is 48.4 cm³/mol. The van der Waals surface area contributed by atoms with E-state index >= 15 is 0 Å². The van der Waals surface area contributed by atoms with Crippen LogP contribution in [0, 0.1) is 22.7 Å². The first-order valence-corrected chi connectivity index (χ1v) is 4.98. The molecule has 0 heterocycles. The van der Waals surface area contributed by atoms with Crippen molar-refractivity contribution in [3.8, 4) is 0 Å². The Labute approximate surface area is 70.4 Å². The zero-order valence-electron chi connectivity index (χ0n) is 8.28. The lowest BCUT2D eigenvalue weighted by Gasteiger charge is -2.67. The van der Waals surface area contributed by atoms with E-state index < -0.39 is 0 Å². The van der Waals surface area contributed by atoms with Crippen molar-refractivity contribution in [3.63, 3.8) is 0 Å². The molecule has 0 nitrogen and oxygen atoms in total. The molecule has 3 aliphatic carbocycles. The van der Waals surface area contributed by atoms with Crippen molar-refractivity contribution in [2.75, 3.05) is 0 Å². The largest absolute Gasteiger partial charge is 0.0620 e. The first-order valence-electron chi connectivity index (χ1n) is 4.98. The van der Waals surface area contributed by atoms with Gasteiger partial charge in [-0.3, -0.25) is 0 Å². The minimum absolute atomic E-state index is 0.644. The van der Waals surface area contributed by atoms with Gasteiger partial charge < -0.3 is 0 Å². The van der Waals surface area contributed by atoms with E-state index in [0.29, 0.717) is 10.8 Å². The number of hydrogen-bond acceptors (Lipinski definition) is 0. The molecule has 0 radical (unpaired) electrons. The van der Waals surface area contributed by atoms with Gasteiger partial charge in [0.2, 0.25) is 0 Å². The lowest BCUT2D eigenvalue weighted by Crippen LogP contribution is -2.59. The van der Waals surface area contributed by atoms with Gasteiger partial charge in [0.15, 0.2) is 0 Å². The number of hydrogen-bond donors (Lipinski definition) is 0. The maximum atomic E-state index is 2.49. The molecule has 0 aromatic carbocycles. The molecule has 0 aromatic heterocycles. The minimum Gasteiger partial charge on any atom is -0.0620 e. The smallest absolute Gasteiger partial charge is 0.0243 e. The fraction of sp³-hybridized carbons (Fsp3) is 1.00. The van der Waals surface area contributed by atoms with E-state index in [-0.39, 0.29) is 0 Å². The molecule has 0 aromatic rings. The Hall–Kier alpha value is 0. The van der Waals surface area contributed by atoms with E-state index in [1.165, 1.54) is 19.3 Å². The monoisotopic (exact) mass is 152 g/mol. The summed E-state index contributed by atoms with van der Waals surface area (Å²) in [4.78, 5) is 0. The molecule has 0 spiro atoms. The second kappa shape index (κ2) is 1.84. The Morgan fingerprint density at radius 2 is 1.73 bits per heavy atom. The molecular weight excluding hydrogens is 132 g/mol. The van der Waals surface area contributed by atoms with Crippen LogP contribution < -0.4 is 0 Å². The van der Waals surface area contributed by atoms with Crippen LogP contribution >= 0.6 is 0 Å². The number of rotatable bonds is 0. The summed E-state index contributed by atoms with van der Waals surface area (Å²) in [6.45, 7) is 9.87. The van der Waals surface area contributed by atoms with Crippen LogP contribution in [0.1, 0.15) is 47.0 Å². The van der Waals surface area contributed by atoms with Crippen LogP contribution in [-0.4, -0.2) is 0 Å². The van der Waals surface area contributed by atoms with E-state index in [1.807, 2.05) is 0 Å². The van der Waals surface area contributed by atoms with Crippen LogP contribution in [0.15, 0.2) is 0 Å². The first kappa shape index (κ1) is 7.64. The third kappa shape index (κ3) is 0.666. The highest BCUT2D eigenvalue weighted by Gasteiger charge is 2.61. The topological polar surface area (TPSA) is 0 Å². The lowest BCUT2D eigenvalue weighted by molar-refractivity contribution is -0.181. The van der Waals surface area contributed by atoms with Crippen molar-refractivity contribution in [3.05, 3.63) is 0 Å². The van der Waals surface area contributed by atoms with Gasteiger partial charge in [-0.15, -0.1) is 0 Å². The van der Waals surface area contributed by atoms with Gasteiger partial charge in [-0.25, -0.2) is 0 Å². The maximum absolute atomic E-state index is 2.49. The Morgan fingerprint density at radius 1 is 1.09 bits per heavy atom. The summed E-state index contributed by atoms with van der Waals surface area (Å²) in [6.07, 6.45) is 4.47. The SMILES string of the molecule is C[C@@H]1CC[C@@H]2C[C@@]1(C)C2(C)C. The molecule has 3 saturated carbocycles. The van der Waals surface area contributed by atoms with Gasteiger partial charge in [0.1, 0.15) is 0 Å². The van der Waals surface area contributed by atoms with E-state index in [0.717, 1.165) is 11.8 Å². The Morgan fingerprint density at radius 3 is 2.09 bits per heavy atom. The molecular formula is C11H20. The third-order valence-electron chi connectivity index (χ3n) is 5.20. The Bertz CT molecular complexity index is 180. The fourth-order valence-corrected chi connectivity index (χ4v) is 3.43. The van der Waals surface area contributed by atoms with E-state index in [2.05, 4.69) is 27.7 Å². The molecule has 3 aliphatic rings. The van der Waals surface area contributed by atoms with Crippen molar-refractivity contribution < 1.29 is 0 Å². The standard InChI is InChI=1S/C11H20/c1-8-5-6-9-7-11(8,4)10(9,2)3/h8-9H,5-7H2,1-4H3/t8-,9-,11-/m1/s1. The van der Waals surface area contributed by atoms with Gasteiger partial charge in [-0.2, -0.15) is 0 Å². The molecule has 0 heteroatoms. The van der Waals surface area contributed by atoms with Crippen molar-refractivity contribution in [1.82, 2.24) is 0 Å². The highest BCUT2D eigenvalue weighted by Crippen LogP contribution is 2.69. The molecule has 0 amide bonds. The van der Waals surface area contributed by atoms with E-state index in [4.69, 9.17) is 0 Å². The third-order valence-corrected chi connectivity index (χ3v) is 5.20. The van der Waals surface area contributed by atoms with Crippen molar-refractivity contribution in [2.45, 2.75) is 47.0 Å². The van der Waals surface area contributed by atoms with Crippen molar-refractivity contribution in [2.24, 2.45) is 22.7 Å². The maximum Gasteiger partial charge on any atom is -0.0243 e. The second-order valence-electron chi connectivity index (χ2n) is 5.52. The molecule has 0 aliphatic heterocycles. The van der Waals surface area contributed by atoms with Crippen LogP contribution in [0.25, 0.3) is 0 Å². The number of fused-ring (bicyclic) bond motifs is 2. The molecule has 0 saturated heterocycles.